The van der Waals surface area contributed by atoms with E-state index in [0.29, 0.717) is 12.0 Å². The van der Waals surface area contributed by atoms with Crippen LogP contribution in [0.3, 0.4) is 0 Å². The molecule has 1 heterocycles. The third kappa shape index (κ3) is 2.89. The first-order chi connectivity index (χ1) is 9.56. The summed E-state index contributed by atoms with van der Waals surface area (Å²) in [5.41, 5.74) is 4.03. The second-order valence-corrected chi connectivity index (χ2v) is 5.83. The summed E-state index contributed by atoms with van der Waals surface area (Å²) in [7, 11) is 3.91. The first-order valence-corrected chi connectivity index (χ1v) is 7.31. The van der Waals surface area contributed by atoms with Crippen LogP contribution in [0.2, 0.25) is 0 Å². The average molecular weight is 274 g/mol. The van der Waals surface area contributed by atoms with Crippen molar-refractivity contribution in [3.05, 3.63) is 35.5 Å². The molecule has 0 spiro atoms. The van der Waals surface area contributed by atoms with Crippen molar-refractivity contribution in [1.29, 1.82) is 0 Å². The van der Waals surface area contributed by atoms with Gasteiger partial charge in [-0.3, -0.25) is 0 Å². The zero-order valence-corrected chi connectivity index (χ0v) is 13.2. The molecule has 0 saturated carbocycles. The van der Waals surface area contributed by atoms with Gasteiger partial charge in [0.05, 0.1) is 6.61 Å². The molecule has 1 atom stereocenters. The van der Waals surface area contributed by atoms with Crippen molar-refractivity contribution >= 4 is 10.9 Å². The molecule has 110 valence electrons. The van der Waals surface area contributed by atoms with Crippen LogP contribution in [0, 0.1) is 12.8 Å². The Bertz CT molecular complexity index is 533. The molecule has 3 heteroatoms. The lowest BCUT2D eigenvalue weighted by molar-refractivity contribution is 0.146. The molecule has 0 saturated heterocycles. The summed E-state index contributed by atoms with van der Waals surface area (Å²) in [6.07, 6.45) is 0. The average Bonchev–Trinajstić information content (AvgIpc) is 2.68. The fraction of sp³-hybridized carbons (Fsp3) is 0.529. The van der Waals surface area contributed by atoms with Crippen molar-refractivity contribution in [2.45, 2.75) is 33.4 Å². The maximum absolute atomic E-state index is 5.30. The maximum atomic E-state index is 5.30. The highest BCUT2D eigenvalue weighted by molar-refractivity contribution is 5.85. The molecule has 0 amide bonds. The fourth-order valence-corrected chi connectivity index (χ4v) is 2.78. The summed E-state index contributed by atoms with van der Waals surface area (Å²) in [6, 6.07) is 8.97. The van der Waals surface area contributed by atoms with Gasteiger partial charge in [-0.25, -0.2) is 0 Å². The van der Waals surface area contributed by atoms with Crippen LogP contribution in [0.15, 0.2) is 24.3 Å². The van der Waals surface area contributed by atoms with Crippen LogP contribution < -0.4 is 5.32 Å². The SMILES string of the molecule is COCC(NCc1c(C)c2ccccc2n1C)C(C)C. The standard InChI is InChI=1S/C17H26N2O/c1-12(2)15(11-20-5)18-10-17-13(3)14-8-6-7-9-16(14)19(17)4/h6-9,12,15,18H,10-11H2,1-5H3. The van der Waals surface area contributed by atoms with Crippen LogP contribution in [-0.2, 0) is 18.3 Å². The monoisotopic (exact) mass is 274 g/mol. The Kier molecular flexibility index (Phi) is 4.84. The zero-order valence-electron chi connectivity index (χ0n) is 13.2. The molecular formula is C17H26N2O. The van der Waals surface area contributed by atoms with E-state index in [1.165, 1.54) is 22.2 Å². The van der Waals surface area contributed by atoms with Gasteiger partial charge >= 0.3 is 0 Å². The molecule has 2 aromatic rings. The van der Waals surface area contributed by atoms with E-state index in [-0.39, 0.29) is 0 Å². The van der Waals surface area contributed by atoms with Crippen molar-refractivity contribution in [2.24, 2.45) is 13.0 Å². The predicted molar refractivity (Wildman–Crippen MR) is 85.0 cm³/mol. The summed E-state index contributed by atoms with van der Waals surface area (Å²) in [5, 5.41) is 4.98. The molecule has 1 unspecified atom stereocenters. The summed E-state index contributed by atoms with van der Waals surface area (Å²) in [6.45, 7) is 8.29. The van der Waals surface area contributed by atoms with E-state index in [4.69, 9.17) is 4.74 Å². The van der Waals surface area contributed by atoms with E-state index in [0.717, 1.165) is 13.2 Å². The third-order valence-corrected chi connectivity index (χ3v) is 4.19. The number of para-hydroxylation sites is 1. The third-order valence-electron chi connectivity index (χ3n) is 4.19. The summed E-state index contributed by atoms with van der Waals surface area (Å²) < 4.78 is 7.60. The van der Waals surface area contributed by atoms with Gasteiger partial charge in [-0.1, -0.05) is 32.0 Å². The Labute approximate surface area is 121 Å². The molecular weight excluding hydrogens is 248 g/mol. The Morgan fingerprint density at radius 2 is 1.95 bits per heavy atom. The lowest BCUT2D eigenvalue weighted by Crippen LogP contribution is -2.37. The molecule has 1 aromatic carbocycles. The molecule has 2 rings (SSSR count). The first-order valence-electron chi connectivity index (χ1n) is 7.31. The number of fused-ring (bicyclic) bond motifs is 1. The molecule has 0 aliphatic heterocycles. The van der Waals surface area contributed by atoms with E-state index >= 15 is 0 Å². The fourth-order valence-electron chi connectivity index (χ4n) is 2.78. The minimum atomic E-state index is 0.386. The van der Waals surface area contributed by atoms with Crippen LogP contribution in [0.1, 0.15) is 25.1 Å². The first kappa shape index (κ1) is 15.1. The van der Waals surface area contributed by atoms with Gasteiger partial charge in [0.15, 0.2) is 0 Å². The van der Waals surface area contributed by atoms with Gasteiger partial charge in [-0.15, -0.1) is 0 Å². The second kappa shape index (κ2) is 6.42. The molecule has 1 aromatic heterocycles. The van der Waals surface area contributed by atoms with E-state index in [1.807, 2.05) is 0 Å². The highest BCUT2D eigenvalue weighted by Gasteiger charge is 2.15. The maximum Gasteiger partial charge on any atom is 0.0618 e. The van der Waals surface area contributed by atoms with Crippen LogP contribution in [-0.4, -0.2) is 24.3 Å². The van der Waals surface area contributed by atoms with E-state index in [9.17, 15) is 0 Å². The minimum Gasteiger partial charge on any atom is -0.383 e. The Hall–Kier alpha value is -1.32. The Morgan fingerprint density at radius 3 is 2.55 bits per heavy atom. The predicted octanol–water partition coefficient (Wildman–Crippen LogP) is 3.25. The van der Waals surface area contributed by atoms with Crippen molar-refractivity contribution in [3.8, 4) is 0 Å². The van der Waals surface area contributed by atoms with Gasteiger partial charge < -0.3 is 14.6 Å². The Balaban J connectivity index is 2.21. The number of rotatable bonds is 6. The summed E-state index contributed by atoms with van der Waals surface area (Å²) in [4.78, 5) is 0. The molecule has 0 bridgehead atoms. The topological polar surface area (TPSA) is 26.2 Å². The van der Waals surface area contributed by atoms with Gasteiger partial charge in [0.2, 0.25) is 0 Å². The number of ether oxygens (including phenoxy) is 1. The largest absolute Gasteiger partial charge is 0.383 e. The number of methoxy groups -OCH3 is 1. The van der Waals surface area contributed by atoms with Crippen LogP contribution in [0.5, 0.6) is 0 Å². The van der Waals surface area contributed by atoms with Gasteiger partial charge in [-0.2, -0.15) is 0 Å². The van der Waals surface area contributed by atoms with Crippen molar-refractivity contribution in [2.75, 3.05) is 13.7 Å². The Morgan fingerprint density at radius 1 is 1.25 bits per heavy atom. The smallest absolute Gasteiger partial charge is 0.0618 e. The summed E-state index contributed by atoms with van der Waals surface area (Å²) >= 11 is 0. The summed E-state index contributed by atoms with van der Waals surface area (Å²) in [5.74, 6) is 0.560. The number of nitrogens with one attached hydrogen (secondary N) is 1. The van der Waals surface area contributed by atoms with Crippen LogP contribution >= 0.6 is 0 Å². The zero-order chi connectivity index (χ0) is 14.7. The van der Waals surface area contributed by atoms with Gasteiger partial charge in [0.25, 0.3) is 0 Å². The molecule has 0 fully saturated rings. The highest BCUT2D eigenvalue weighted by Crippen LogP contribution is 2.24. The van der Waals surface area contributed by atoms with Gasteiger partial charge in [0.1, 0.15) is 0 Å². The minimum absolute atomic E-state index is 0.386. The number of aromatic nitrogens is 1. The van der Waals surface area contributed by atoms with Crippen molar-refractivity contribution in [1.82, 2.24) is 9.88 Å². The van der Waals surface area contributed by atoms with Gasteiger partial charge in [0, 0.05) is 43.3 Å². The lowest BCUT2D eigenvalue weighted by Gasteiger charge is -2.22. The number of benzene rings is 1. The highest BCUT2D eigenvalue weighted by atomic mass is 16.5. The number of hydrogen-bond acceptors (Lipinski definition) is 2. The van der Waals surface area contributed by atoms with E-state index in [1.54, 1.807) is 7.11 Å². The second-order valence-electron chi connectivity index (χ2n) is 5.83. The number of aryl methyl sites for hydroxylation is 2. The molecule has 0 aliphatic carbocycles. The van der Waals surface area contributed by atoms with E-state index in [2.05, 4.69) is 62.0 Å². The van der Waals surface area contributed by atoms with Gasteiger partial charge in [-0.05, 0) is 24.5 Å². The normalized spacial score (nSPS) is 13.3. The molecule has 0 radical (unpaired) electrons. The van der Waals surface area contributed by atoms with Crippen molar-refractivity contribution < 1.29 is 4.74 Å². The molecule has 3 nitrogen and oxygen atoms in total. The number of hydrogen-bond donors (Lipinski definition) is 1. The molecule has 1 N–H and O–H groups in total. The van der Waals surface area contributed by atoms with Crippen LogP contribution in [0.4, 0.5) is 0 Å². The lowest BCUT2D eigenvalue weighted by atomic mass is 10.1. The number of nitrogens with zero attached hydrogens (tertiary/aromatic N) is 1. The van der Waals surface area contributed by atoms with E-state index < -0.39 is 0 Å². The quantitative estimate of drug-likeness (QED) is 0.875. The van der Waals surface area contributed by atoms with Crippen LogP contribution in [0.25, 0.3) is 10.9 Å². The molecule has 0 aliphatic rings. The molecule has 20 heavy (non-hydrogen) atoms. The van der Waals surface area contributed by atoms with Crippen molar-refractivity contribution in [3.63, 3.8) is 0 Å².